The van der Waals surface area contributed by atoms with Crippen LogP contribution in [0.15, 0.2) is 54.6 Å². The van der Waals surface area contributed by atoms with Crippen LogP contribution < -0.4 is 11.1 Å². The predicted octanol–water partition coefficient (Wildman–Crippen LogP) is 3.91. The normalized spacial score (nSPS) is 11.0. The Morgan fingerprint density at radius 1 is 1.08 bits per heavy atom. The molecule has 0 saturated heterocycles. The second kappa shape index (κ2) is 7.43. The topological polar surface area (TPSA) is 101 Å². The Labute approximate surface area is 149 Å². The number of nitriles is 1. The third kappa shape index (κ3) is 4.31. The Morgan fingerprint density at radius 2 is 1.88 bits per heavy atom. The van der Waals surface area contributed by atoms with Crippen molar-refractivity contribution in [1.82, 2.24) is 15.0 Å². The number of hydrogen-bond acceptors (Lipinski definition) is 6. The van der Waals surface area contributed by atoms with Gasteiger partial charge >= 0.3 is 0 Å². The smallest absolute Gasteiger partial charge is 0.232 e. The fourth-order valence-electron chi connectivity index (χ4n) is 2.13. The highest BCUT2D eigenvalue weighted by Gasteiger charge is 2.10. The summed E-state index contributed by atoms with van der Waals surface area (Å²) in [5.74, 6) is 0.477. The van der Waals surface area contributed by atoms with Gasteiger partial charge in [-0.1, -0.05) is 41.9 Å². The van der Waals surface area contributed by atoms with Gasteiger partial charge in [0.15, 0.2) is 5.82 Å². The molecule has 122 valence electrons. The molecule has 3 rings (SSSR count). The van der Waals surface area contributed by atoms with E-state index in [2.05, 4.69) is 26.3 Å². The number of rotatable bonds is 4. The van der Waals surface area contributed by atoms with Gasteiger partial charge in [-0.3, -0.25) is 0 Å². The van der Waals surface area contributed by atoms with Crippen LogP contribution in [0.3, 0.4) is 0 Å². The standard InChI is InChI=1S/C18H13ClN6/c19-14-6-4-5-12(10-14)9-13(11-20)16-23-17(21)25-18(24-16)22-15-7-2-1-3-8-15/h1-10H,(H3,21,22,23,24,25). The van der Waals surface area contributed by atoms with E-state index in [-0.39, 0.29) is 23.3 Å². The number of nitrogens with zero attached hydrogens (tertiary/aromatic N) is 4. The number of allylic oxidation sites excluding steroid dienone is 1. The SMILES string of the molecule is N#CC(=Cc1cccc(Cl)c1)c1nc(N)nc(Nc2ccccc2)n1. The van der Waals surface area contributed by atoms with Gasteiger partial charge in [0, 0.05) is 10.7 Å². The summed E-state index contributed by atoms with van der Waals surface area (Å²) in [7, 11) is 0. The Hall–Kier alpha value is -3.43. The first-order valence-corrected chi connectivity index (χ1v) is 7.73. The highest BCUT2D eigenvalue weighted by Crippen LogP contribution is 2.20. The summed E-state index contributed by atoms with van der Waals surface area (Å²) in [5.41, 5.74) is 7.59. The minimum Gasteiger partial charge on any atom is -0.368 e. The number of aromatic nitrogens is 3. The van der Waals surface area contributed by atoms with Crippen molar-refractivity contribution in [2.45, 2.75) is 0 Å². The van der Waals surface area contributed by atoms with E-state index < -0.39 is 0 Å². The van der Waals surface area contributed by atoms with Crippen molar-refractivity contribution < 1.29 is 0 Å². The summed E-state index contributed by atoms with van der Waals surface area (Å²) in [6.07, 6.45) is 1.65. The zero-order valence-electron chi connectivity index (χ0n) is 13.0. The molecule has 1 aromatic heterocycles. The largest absolute Gasteiger partial charge is 0.368 e. The van der Waals surface area contributed by atoms with Gasteiger partial charge in [0.2, 0.25) is 11.9 Å². The second-order valence-corrected chi connectivity index (χ2v) is 5.49. The van der Waals surface area contributed by atoms with Gasteiger partial charge in [0.25, 0.3) is 0 Å². The van der Waals surface area contributed by atoms with Crippen molar-refractivity contribution in [3.8, 4) is 6.07 Å². The average molecular weight is 349 g/mol. The first-order valence-electron chi connectivity index (χ1n) is 7.35. The fraction of sp³-hybridized carbons (Fsp3) is 0. The molecule has 25 heavy (non-hydrogen) atoms. The molecule has 7 heteroatoms. The Balaban J connectivity index is 1.96. The van der Waals surface area contributed by atoms with Crippen molar-refractivity contribution in [2.24, 2.45) is 0 Å². The van der Waals surface area contributed by atoms with Crippen LogP contribution >= 0.6 is 11.6 Å². The quantitative estimate of drug-likeness (QED) is 0.693. The van der Waals surface area contributed by atoms with Gasteiger partial charge in [-0.05, 0) is 35.9 Å². The van der Waals surface area contributed by atoms with E-state index in [9.17, 15) is 5.26 Å². The number of nitrogens with two attached hydrogens (primary N) is 1. The number of nitrogens with one attached hydrogen (secondary N) is 1. The van der Waals surface area contributed by atoms with Gasteiger partial charge in [-0.25, -0.2) is 0 Å². The molecule has 0 bridgehead atoms. The van der Waals surface area contributed by atoms with Crippen LogP contribution in [0, 0.1) is 11.3 Å². The average Bonchev–Trinajstić information content (AvgIpc) is 2.60. The van der Waals surface area contributed by atoms with Crippen LogP contribution in [0.1, 0.15) is 11.4 Å². The number of para-hydroxylation sites is 1. The van der Waals surface area contributed by atoms with E-state index in [1.165, 1.54) is 0 Å². The van der Waals surface area contributed by atoms with Crippen molar-refractivity contribution in [3.05, 3.63) is 71.0 Å². The number of nitrogen functional groups attached to an aromatic ring is 1. The maximum atomic E-state index is 9.47. The predicted molar refractivity (Wildman–Crippen MR) is 98.9 cm³/mol. The second-order valence-electron chi connectivity index (χ2n) is 5.06. The molecule has 3 N–H and O–H groups in total. The molecule has 0 aliphatic heterocycles. The van der Waals surface area contributed by atoms with Gasteiger partial charge in [0.1, 0.15) is 6.07 Å². The molecule has 0 aliphatic carbocycles. The maximum absolute atomic E-state index is 9.47. The summed E-state index contributed by atoms with van der Waals surface area (Å²) in [6.45, 7) is 0. The molecule has 0 atom stereocenters. The third-order valence-corrected chi connectivity index (χ3v) is 3.44. The molecule has 0 radical (unpaired) electrons. The van der Waals surface area contributed by atoms with Crippen molar-refractivity contribution in [3.63, 3.8) is 0 Å². The van der Waals surface area contributed by atoms with Gasteiger partial charge in [-0.15, -0.1) is 0 Å². The van der Waals surface area contributed by atoms with E-state index in [1.807, 2.05) is 36.4 Å². The van der Waals surface area contributed by atoms with E-state index in [4.69, 9.17) is 17.3 Å². The van der Waals surface area contributed by atoms with E-state index >= 15 is 0 Å². The monoisotopic (exact) mass is 348 g/mol. The molecule has 6 nitrogen and oxygen atoms in total. The van der Waals surface area contributed by atoms with Crippen molar-refractivity contribution in [1.29, 1.82) is 5.26 Å². The minimum atomic E-state index is 0.0238. The van der Waals surface area contributed by atoms with Crippen LogP contribution in [0.5, 0.6) is 0 Å². The lowest BCUT2D eigenvalue weighted by Crippen LogP contribution is -2.06. The Morgan fingerprint density at radius 3 is 2.60 bits per heavy atom. The molecule has 0 aliphatic rings. The molecule has 0 saturated carbocycles. The summed E-state index contributed by atoms with van der Waals surface area (Å²) in [5, 5.41) is 13.1. The third-order valence-electron chi connectivity index (χ3n) is 3.20. The van der Waals surface area contributed by atoms with Gasteiger partial charge in [0.05, 0.1) is 5.57 Å². The lowest BCUT2D eigenvalue weighted by molar-refractivity contribution is 1.04. The first kappa shape index (κ1) is 16.4. The molecule has 2 aromatic carbocycles. The van der Waals surface area contributed by atoms with Crippen molar-refractivity contribution >= 4 is 40.8 Å². The summed E-state index contributed by atoms with van der Waals surface area (Å²) in [4.78, 5) is 12.4. The van der Waals surface area contributed by atoms with E-state index in [0.717, 1.165) is 11.3 Å². The number of hydrogen-bond donors (Lipinski definition) is 2. The Bertz CT molecular complexity index is 963. The molecular weight excluding hydrogens is 336 g/mol. The lowest BCUT2D eigenvalue weighted by Gasteiger charge is -2.07. The lowest BCUT2D eigenvalue weighted by atomic mass is 10.1. The minimum absolute atomic E-state index is 0.0238. The molecule has 0 spiro atoms. The zero-order valence-corrected chi connectivity index (χ0v) is 13.8. The first-order chi connectivity index (χ1) is 12.1. The van der Waals surface area contributed by atoms with Crippen molar-refractivity contribution in [2.75, 3.05) is 11.1 Å². The number of anilines is 3. The fourth-order valence-corrected chi connectivity index (χ4v) is 2.33. The molecule has 0 unspecified atom stereocenters. The Kier molecular flexibility index (Phi) is 4.88. The summed E-state index contributed by atoms with van der Waals surface area (Å²) < 4.78 is 0. The highest BCUT2D eigenvalue weighted by atomic mass is 35.5. The zero-order chi connectivity index (χ0) is 17.6. The summed E-state index contributed by atoms with van der Waals surface area (Å²) >= 11 is 5.97. The van der Waals surface area contributed by atoms with Crippen LogP contribution in [-0.2, 0) is 0 Å². The number of benzene rings is 2. The maximum Gasteiger partial charge on any atom is 0.232 e. The van der Waals surface area contributed by atoms with Crippen LogP contribution in [0.25, 0.3) is 11.6 Å². The molecule has 0 amide bonds. The molecule has 1 heterocycles. The van der Waals surface area contributed by atoms with Crippen LogP contribution in [0.4, 0.5) is 17.6 Å². The van der Waals surface area contributed by atoms with Gasteiger partial charge < -0.3 is 11.1 Å². The van der Waals surface area contributed by atoms with E-state index in [0.29, 0.717) is 5.02 Å². The van der Waals surface area contributed by atoms with Crippen LogP contribution in [-0.4, -0.2) is 15.0 Å². The molecule has 0 fully saturated rings. The molecule has 3 aromatic rings. The van der Waals surface area contributed by atoms with E-state index in [1.54, 1.807) is 24.3 Å². The summed E-state index contributed by atoms with van der Waals surface area (Å²) in [6, 6.07) is 18.6. The van der Waals surface area contributed by atoms with Gasteiger partial charge in [-0.2, -0.15) is 20.2 Å². The highest BCUT2D eigenvalue weighted by molar-refractivity contribution is 6.30. The number of halogens is 1. The van der Waals surface area contributed by atoms with Crippen LogP contribution in [0.2, 0.25) is 5.02 Å². The molecular formula is C18H13ClN6.